The predicted molar refractivity (Wildman–Crippen MR) is 72.7 cm³/mol. The van der Waals surface area contributed by atoms with Crippen molar-refractivity contribution in [1.82, 2.24) is 10.2 Å². The van der Waals surface area contributed by atoms with Gasteiger partial charge in [0, 0.05) is 25.7 Å². The minimum absolute atomic E-state index is 0.221. The normalized spacial score (nSPS) is 19.2. The molecule has 0 aliphatic carbocycles. The molecule has 2 rings (SSSR count). The summed E-state index contributed by atoms with van der Waals surface area (Å²) in [7, 11) is 0. The molecule has 0 radical (unpaired) electrons. The van der Waals surface area contributed by atoms with E-state index in [0.29, 0.717) is 32.0 Å². The molecule has 6 nitrogen and oxygen atoms in total. The average Bonchev–Trinajstić information content (AvgIpc) is 2.98. The molecule has 1 unspecified atom stereocenters. The SMILES string of the molecule is CCOC(=O)C1CNCCN1C(=O)C=Cc1ccco1. The molecule has 6 heteroatoms. The predicted octanol–water partition coefficient (Wildman–Crippen LogP) is 0.656. The van der Waals surface area contributed by atoms with Crippen LogP contribution in [-0.4, -0.2) is 49.1 Å². The fourth-order valence-electron chi connectivity index (χ4n) is 2.05. The Morgan fingerprint density at radius 2 is 2.45 bits per heavy atom. The van der Waals surface area contributed by atoms with Crippen molar-refractivity contribution in [2.75, 3.05) is 26.2 Å². The van der Waals surface area contributed by atoms with Crippen LogP contribution in [0.5, 0.6) is 0 Å². The number of piperazine rings is 1. The first-order valence-corrected chi connectivity index (χ1v) is 6.62. The summed E-state index contributed by atoms with van der Waals surface area (Å²) in [6, 6.07) is 2.93. The molecule has 20 heavy (non-hydrogen) atoms. The summed E-state index contributed by atoms with van der Waals surface area (Å²) in [5.41, 5.74) is 0. The number of rotatable bonds is 4. The van der Waals surface area contributed by atoms with E-state index in [4.69, 9.17) is 9.15 Å². The molecule has 0 bridgehead atoms. The van der Waals surface area contributed by atoms with E-state index >= 15 is 0 Å². The van der Waals surface area contributed by atoms with E-state index < -0.39 is 6.04 Å². The van der Waals surface area contributed by atoms with Gasteiger partial charge in [0.05, 0.1) is 12.9 Å². The van der Waals surface area contributed by atoms with Crippen LogP contribution in [0.2, 0.25) is 0 Å². The van der Waals surface area contributed by atoms with Gasteiger partial charge in [-0.3, -0.25) is 4.79 Å². The lowest BCUT2D eigenvalue weighted by atomic mass is 10.2. The topological polar surface area (TPSA) is 71.8 Å². The third-order valence-corrected chi connectivity index (χ3v) is 3.02. The first-order valence-electron chi connectivity index (χ1n) is 6.62. The van der Waals surface area contributed by atoms with E-state index in [-0.39, 0.29) is 11.9 Å². The second-order valence-electron chi connectivity index (χ2n) is 4.35. The first kappa shape index (κ1) is 14.3. The molecule has 1 aliphatic heterocycles. The Morgan fingerprint density at radius 3 is 3.15 bits per heavy atom. The Hall–Kier alpha value is -2.08. The van der Waals surface area contributed by atoms with Crippen molar-refractivity contribution in [3.8, 4) is 0 Å². The summed E-state index contributed by atoms with van der Waals surface area (Å²) in [6.07, 6.45) is 4.54. The number of carbonyl (C=O) groups excluding carboxylic acids is 2. The molecule has 1 aromatic rings. The lowest BCUT2D eigenvalue weighted by Gasteiger charge is -2.33. The van der Waals surface area contributed by atoms with Crippen LogP contribution in [-0.2, 0) is 14.3 Å². The van der Waals surface area contributed by atoms with E-state index in [9.17, 15) is 9.59 Å². The zero-order valence-electron chi connectivity index (χ0n) is 11.4. The number of esters is 1. The molecule has 1 N–H and O–H groups in total. The van der Waals surface area contributed by atoms with Crippen molar-refractivity contribution in [2.45, 2.75) is 13.0 Å². The molecule has 0 saturated carbocycles. The van der Waals surface area contributed by atoms with Crippen molar-refractivity contribution in [1.29, 1.82) is 0 Å². The molecule has 1 atom stereocenters. The summed E-state index contributed by atoms with van der Waals surface area (Å²) >= 11 is 0. The highest BCUT2D eigenvalue weighted by atomic mass is 16.5. The van der Waals surface area contributed by atoms with E-state index in [1.807, 2.05) is 0 Å². The number of carbonyl (C=O) groups is 2. The van der Waals surface area contributed by atoms with E-state index in [1.165, 1.54) is 17.2 Å². The lowest BCUT2D eigenvalue weighted by Crippen LogP contribution is -2.57. The van der Waals surface area contributed by atoms with Gasteiger partial charge in [0.1, 0.15) is 11.8 Å². The van der Waals surface area contributed by atoms with Gasteiger partial charge in [0.2, 0.25) is 5.91 Å². The summed E-state index contributed by atoms with van der Waals surface area (Å²) in [6.45, 7) is 3.61. The maximum Gasteiger partial charge on any atom is 0.330 e. The van der Waals surface area contributed by atoms with Crippen molar-refractivity contribution in [2.24, 2.45) is 0 Å². The van der Waals surface area contributed by atoms with Gasteiger partial charge < -0.3 is 19.4 Å². The molecule has 0 aromatic carbocycles. The molecule has 1 saturated heterocycles. The average molecular weight is 278 g/mol. The largest absolute Gasteiger partial charge is 0.465 e. The van der Waals surface area contributed by atoms with E-state index in [0.717, 1.165) is 0 Å². The smallest absolute Gasteiger partial charge is 0.330 e. The third kappa shape index (κ3) is 3.48. The zero-order valence-corrected chi connectivity index (χ0v) is 11.4. The summed E-state index contributed by atoms with van der Waals surface area (Å²) < 4.78 is 10.1. The fourth-order valence-corrected chi connectivity index (χ4v) is 2.05. The van der Waals surface area contributed by atoms with Crippen LogP contribution in [0.25, 0.3) is 6.08 Å². The van der Waals surface area contributed by atoms with Crippen molar-refractivity contribution in [3.05, 3.63) is 30.2 Å². The van der Waals surface area contributed by atoms with Crippen LogP contribution in [0.1, 0.15) is 12.7 Å². The number of hydrogen-bond acceptors (Lipinski definition) is 5. The number of nitrogens with one attached hydrogen (secondary N) is 1. The first-order chi connectivity index (χ1) is 9.72. The highest BCUT2D eigenvalue weighted by Crippen LogP contribution is 2.09. The number of nitrogens with zero attached hydrogens (tertiary/aromatic N) is 1. The minimum atomic E-state index is -0.572. The van der Waals surface area contributed by atoms with E-state index in [1.54, 1.807) is 25.1 Å². The molecule has 1 amide bonds. The molecule has 108 valence electrons. The Kier molecular flexibility index (Phi) is 4.95. The lowest BCUT2D eigenvalue weighted by molar-refractivity contribution is -0.154. The second-order valence-corrected chi connectivity index (χ2v) is 4.35. The number of hydrogen-bond donors (Lipinski definition) is 1. The quantitative estimate of drug-likeness (QED) is 0.647. The maximum absolute atomic E-state index is 12.2. The van der Waals surface area contributed by atoms with Crippen LogP contribution >= 0.6 is 0 Å². The van der Waals surface area contributed by atoms with Gasteiger partial charge in [-0.2, -0.15) is 0 Å². The van der Waals surface area contributed by atoms with Crippen molar-refractivity contribution in [3.63, 3.8) is 0 Å². The summed E-state index contributed by atoms with van der Waals surface area (Å²) in [5.74, 6) is 0.00145. The van der Waals surface area contributed by atoms with Crippen molar-refractivity contribution < 1.29 is 18.7 Å². The van der Waals surface area contributed by atoms with Gasteiger partial charge in [-0.05, 0) is 25.1 Å². The monoisotopic (exact) mass is 278 g/mol. The Morgan fingerprint density at radius 1 is 1.60 bits per heavy atom. The van der Waals surface area contributed by atoms with Gasteiger partial charge in [-0.15, -0.1) is 0 Å². The molecule has 0 spiro atoms. The number of ether oxygens (including phenoxy) is 1. The Labute approximate surface area is 117 Å². The van der Waals surface area contributed by atoms with Crippen LogP contribution in [0.15, 0.2) is 28.9 Å². The standard InChI is InChI=1S/C14H18N2O4/c1-2-19-14(18)12-10-15-7-8-16(12)13(17)6-5-11-4-3-9-20-11/h3-6,9,12,15H,2,7-8,10H2,1H3. The zero-order chi connectivity index (χ0) is 14.4. The number of furan rings is 1. The molecular formula is C14H18N2O4. The highest BCUT2D eigenvalue weighted by molar-refractivity contribution is 5.94. The van der Waals surface area contributed by atoms with Crippen LogP contribution < -0.4 is 5.32 Å². The van der Waals surface area contributed by atoms with Crippen LogP contribution in [0, 0.1) is 0 Å². The fraction of sp³-hybridized carbons (Fsp3) is 0.429. The highest BCUT2D eigenvalue weighted by Gasteiger charge is 2.32. The summed E-state index contributed by atoms with van der Waals surface area (Å²) in [5, 5.41) is 3.09. The van der Waals surface area contributed by atoms with E-state index in [2.05, 4.69) is 5.32 Å². The molecule has 1 aromatic heterocycles. The van der Waals surface area contributed by atoms with Gasteiger partial charge in [-0.25, -0.2) is 4.79 Å². The second kappa shape index (κ2) is 6.91. The van der Waals surface area contributed by atoms with Gasteiger partial charge in [0.15, 0.2) is 0 Å². The molecule has 1 fully saturated rings. The maximum atomic E-state index is 12.2. The van der Waals surface area contributed by atoms with Gasteiger partial charge in [0.25, 0.3) is 0 Å². The van der Waals surface area contributed by atoms with Gasteiger partial charge in [-0.1, -0.05) is 0 Å². The van der Waals surface area contributed by atoms with Crippen LogP contribution in [0.3, 0.4) is 0 Å². The Balaban J connectivity index is 2.03. The third-order valence-electron chi connectivity index (χ3n) is 3.02. The molecular weight excluding hydrogens is 260 g/mol. The van der Waals surface area contributed by atoms with Crippen LogP contribution in [0.4, 0.5) is 0 Å². The minimum Gasteiger partial charge on any atom is -0.465 e. The van der Waals surface area contributed by atoms with Gasteiger partial charge >= 0.3 is 5.97 Å². The Bertz CT molecular complexity index is 481. The summed E-state index contributed by atoms with van der Waals surface area (Å²) in [4.78, 5) is 25.5. The molecule has 2 heterocycles. The van der Waals surface area contributed by atoms with Crippen molar-refractivity contribution >= 4 is 18.0 Å². The molecule has 1 aliphatic rings. The number of amides is 1.